The van der Waals surface area contributed by atoms with Gasteiger partial charge in [0.25, 0.3) is 0 Å². The molecule has 1 fully saturated rings. The summed E-state index contributed by atoms with van der Waals surface area (Å²) in [5, 5.41) is 3.52. The third-order valence-electron chi connectivity index (χ3n) is 4.07. The summed E-state index contributed by atoms with van der Waals surface area (Å²) in [6.07, 6.45) is 9.54. The Hall–Kier alpha value is -2.51. The molecule has 1 aliphatic rings. The van der Waals surface area contributed by atoms with Crippen molar-refractivity contribution >= 4 is 17.8 Å². The van der Waals surface area contributed by atoms with Crippen LogP contribution in [0.15, 0.2) is 42.9 Å². The number of nitrogen functional groups attached to an aromatic ring is 1. The predicted molar refractivity (Wildman–Crippen MR) is 94.5 cm³/mol. The van der Waals surface area contributed by atoms with Crippen molar-refractivity contribution in [1.82, 2.24) is 20.3 Å². The molecule has 3 heterocycles. The van der Waals surface area contributed by atoms with Gasteiger partial charge in [0.05, 0.1) is 12.1 Å². The molecule has 3 rings (SSSR count). The van der Waals surface area contributed by atoms with Crippen molar-refractivity contribution in [2.75, 3.05) is 37.4 Å². The van der Waals surface area contributed by atoms with E-state index in [1.165, 1.54) is 0 Å². The monoisotopic (exact) mass is 326 g/mol. The molecule has 3 N–H and O–H groups in total. The minimum atomic E-state index is 0.107. The molecule has 1 saturated heterocycles. The molecule has 7 nitrogen and oxygen atoms in total. The van der Waals surface area contributed by atoms with Crippen LogP contribution in [0.4, 0.5) is 11.8 Å². The van der Waals surface area contributed by atoms with Crippen molar-refractivity contribution in [3.05, 3.63) is 48.4 Å². The molecule has 0 radical (unpaired) electrons. The van der Waals surface area contributed by atoms with Gasteiger partial charge in [0.1, 0.15) is 5.82 Å². The number of nitrogens with two attached hydrogens (primary N) is 1. The molecular formula is C17H22N6O. The van der Waals surface area contributed by atoms with Gasteiger partial charge in [-0.15, -0.1) is 0 Å². The molecule has 2 aromatic rings. The second kappa shape index (κ2) is 7.85. The number of methoxy groups -OCH3 is 1. The smallest absolute Gasteiger partial charge is 0.221 e. The quantitative estimate of drug-likeness (QED) is 0.817. The Morgan fingerprint density at radius 2 is 2.12 bits per heavy atom. The Labute approximate surface area is 141 Å². The maximum absolute atomic E-state index is 5.67. The molecule has 0 amide bonds. The molecule has 2 aromatic heterocycles. The van der Waals surface area contributed by atoms with Crippen LogP contribution in [0, 0.1) is 0 Å². The Bertz CT molecular complexity index is 678. The number of nitrogens with zero attached hydrogens (tertiary/aromatic N) is 4. The zero-order valence-corrected chi connectivity index (χ0v) is 13.7. The number of hydrogen-bond donors (Lipinski definition) is 2. The van der Waals surface area contributed by atoms with Crippen LogP contribution in [0.2, 0.25) is 0 Å². The Morgan fingerprint density at radius 3 is 2.88 bits per heavy atom. The normalized spacial score (nSPS) is 20.8. The highest BCUT2D eigenvalue weighted by Gasteiger charge is 2.33. The number of hydrogen-bond acceptors (Lipinski definition) is 7. The van der Waals surface area contributed by atoms with Crippen LogP contribution in [0.1, 0.15) is 5.56 Å². The Balaban J connectivity index is 1.56. The van der Waals surface area contributed by atoms with E-state index in [1.54, 1.807) is 25.7 Å². The Morgan fingerprint density at radius 1 is 1.29 bits per heavy atom. The second-order valence-corrected chi connectivity index (χ2v) is 5.65. The van der Waals surface area contributed by atoms with Crippen LogP contribution in [0.25, 0.3) is 6.08 Å². The van der Waals surface area contributed by atoms with Gasteiger partial charge >= 0.3 is 0 Å². The van der Waals surface area contributed by atoms with Gasteiger partial charge in [-0.25, -0.2) is 4.98 Å². The summed E-state index contributed by atoms with van der Waals surface area (Å²) in [6, 6.07) is 6.05. The van der Waals surface area contributed by atoms with E-state index in [0.29, 0.717) is 0 Å². The molecule has 24 heavy (non-hydrogen) atoms. The van der Waals surface area contributed by atoms with Crippen molar-refractivity contribution in [2.24, 2.45) is 0 Å². The summed E-state index contributed by atoms with van der Waals surface area (Å²) in [6.45, 7) is 2.36. The highest BCUT2D eigenvalue weighted by atomic mass is 16.5. The van der Waals surface area contributed by atoms with Crippen LogP contribution in [0.5, 0.6) is 0 Å². The SMILES string of the molecule is CO[C@@H]1CN(c2ccnc(N)n2)C[C@@H]1NC/C=C/c1ccncc1. The zero-order chi connectivity index (χ0) is 16.8. The molecule has 0 saturated carbocycles. The predicted octanol–water partition coefficient (Wildman–Crippen LogP) is 0.960. The number of rotatable bonds is 6. The molecule has 0 unspecified atom stereocenters. The van der Waals surface area contributed by atoms with Crippen molar-refractivity contribution in [3.8, 4) is 0 Å². The van der Waals surface area contributed by atoms with Gasteiger partial charge in [0.15, 0.2) is 0 Å². The van der Waals surface area contributed by atoms with Gasteiger partial charge in [0.2, 0.25) is 5.95 Å². The van der Waals surface area contributed by atoms with Crippen molar-refractivity contribution < 1.29 is 4.74 Å². The van der Waals surface area contributed by atoms with E-state index in [1.807, 2.05) is 18.2 Å². The van der Waals surface area contributed by atoms with Crippen LogP contribution >= 0.6 is 0 Å². The summed E-state index contributed by atoms with van der Waals surface area (Å²) >= 11 is 0. The van der Waals surface area contributed by atoms with Gasteiger partial charge in [-0.3, -0.25) is 4.98 Å². The minimum absolute atomic E-state index is 0.107. The maximum Gasteiger partial charge on any atom is 0.221 e. The van der Waals surface area contributed by atoms with Crippen molar-refractivity contribution in [1.29, 1.82) is 0 Å². The first-order valence-electron chi connectivity index (χ1n) is 7.92. The lowest BCUT2D eigenvalue weighted by molar-refractivity contribution is 0.0983. The van der Waals surface area contributed by atoms with Gasteiger partial charge in [-0.05, 0) is 23.8 Å². The van der Waals surface area contributed by atoms with Gasteiger partial charge in [-0.2, -0.15) is 4.98 Å². The highest BCUT2D eigenvalue weighted by Crippen LogP contribution is 2.20. The summed E-state index contributed by atoms with van der Waals surface area (Å²) in [5.74, 6) is 1.12. The lowest BCUT2D eigenvalue weighted by atomic mass is 10.2. The molecule has 0 aromatic carbocycles. The van der Waals surface area contributed by atoms with E-state index < -0.39 is 0 Å². The summed E-state index contributed by atoms with van der Waals surface area (Å²) in [7, 11) is 1.74. The fourth-order valence-electron chi connectivity index (χ4n) is 2.82. The van der Waals surface area contributed by atoms with Crippen LogP contribution in [0.3, 0.4) is 0 Å². The molecule has 7 heteroatoms. The third-order valence-corrected chi connectivity index (χ3v) is 4.07. The third kappa shape index (κ3) is 4.06. The summed E-state index contributed by atoms with van der Waals surface area (Å²) < 4.78 is 5.61. The molecule has 0 spiro atoms. The molecule has 0 bridgehead atoms. The molecule has 0 aliphatic carbocycles. The van der Waals surface area contributed by atoms with E-state index in [-0.39, 0.29) is 18.1 Å². The van der Waals surface area contributed by atoms with Gasteiger partial charge in [0, 0.05) is 45.3 Å². The Kier molecular flexibility index (Phi) is 5.35. The minimum Gasteiger partial charge on any atom is -0.378 e. The molecule has 126 valence electrons. The van der Waals surface area contributed by atoms with E-state index in [4.69, 9.17) is 10.5 Å². The molecule has 1 aliphatic heterocycles. The summed E-state index contributed by atoms with van der Waals surface area (Å²) in [4.78, 5) is 14.4. The first kappa shape index (κ1) is 16.4. The first-order valence-corrected chi connectivity index (χ1v) is 7.92. The fourth-order valence-corrected chi connectivity index (χ4v) is 2.82. The average Bonchev–Trinajstić information content (AvgIpc) is 3.03. The van der Waals surface area contributed by atoms with Gasteiger partial charge in [-0.1, -0.05) is 12.2 Å². The lowest BCUT2D eigenvalue weighted by Crippen LogP contribution is -2.40. The second-order valence-electron chi connectivity index (χ2n) is 5.65. The number of anilines is 2. The van der Waals surface area contributed by atoms with Crippen molar-refractivity contribution in [3.63, 3.8) is 0 Å². The zero-order valence-electron chi connectivity index (χ0n) is 13.7. The highest BCUT2D eigenvalue weighted by molar-refractivity contribution is 5.48. The standard InChI is InChI=1S/C17H22N6O/c1-24-15-12-23(16-6-10-21-17(18)22-16)11-14(15)20-7-2-3-13-4-8-19-9-5-13/h2-6,8-10,14-15,20H,7,11-12H2,1H3,(H2,18,21,22)/b3-2+/t14-,15+/m0/s1. The average molecular weight is 326 g/mol. The first-order chi connectivity index (χ1) is 11.8. The molecule has 2 atom stereocenters. The topological polar surface area (TPSA) is 89.2 Å². The van der Waals surface area contributed by atoms with Crippen LogP contribution in [-0.2, 0) is 4.74 Å². The number of ether oxygens (including phenoxy) is 1. The van der Waals surface area contributed by atoms with Gasteiger partial charge < -0.3 is 20.7 Å². The lowest BCUT2D eigenvalue weighted by Gasteiger charge is -2.17. The summed E-state index contributed by atoms with van der Waals surface area (Å²) in [5.41, 5.74) is 6.81. The van der Waals surface area contributed by atoms with E-state index in [0.717, 1.165) is 31.0 Å². The van der Waals surface area contributed by atoms with Crippen LogP contribution in [-0.4, -0.2) is 53.8 Å². The number of nitrogens with one attached hydrogen (secondary N) is 1. The van der Waals surface area contributed by atoms with Crippen LogP contribution < -0.4 is 16.0 Å². The van der Waals surface area contributed by atoms with Crippen molar-refractivity contribution in [2.45, 2.75) is 12.1 Å². The number of aromatic nitrogens is 3. The van der Waals surface area contributed by atoms with E-state index in [9.17, 15) is 0 Å². The largest absolute Gasteiger partial charge is 0.378 e. The fraction of sp³-hybridized carbons (Fsp3) is 0.353. The number of pyridine rings is 1. The maximum atomic E-state index is 5.67. The van der Waals surface area contributed by atoms with E-state index >= 15 is 0 Å². The van der Waals surface area contributed by atoms with E-state index in [2.05, 4.69) is 37.3 Å². The molecular weight excluding hydrogens is 304 g/mol.